The third-order valence-corrected chi connectivity index (χ3v) is 1.75. The lowest BCUT2D eigenvalue weighted by molar-refractivity contribution is -0.136. The summed E-state index contributed by atoms with van der Waals surface area (Å²) in [7, 11) is 0. The zero-order valence-electron chi connectivity index (χ0n) is 5.90. The molecule has 12 heavy (non-hydrogen) atoms. The van der Waals surface area contributed by atoms with Crippen molar-refractivity contribution < 1.29 is 13.6 Å². The topological polar surface area (TPSA) is 52.9 Å². The van der Waals surface area contributed by atoms with Gasteiger partial charge in [0.15, 0.2) is 0 Å². The van der Waals surface area contributed by atoms with Gasteiger partial charge in [-0.3, -0.25) is 4.79 Å². The number of nitriles is 1. The van der Waals surface area contributed by atoms with Gasteiger partial charge in [0.1, 0.15) is 5.54 Å². The molecule has 1 aliphatic carbocycles. The highest BCUT2D eigenvalue weighted by atomic mass is 35.5. The Balaban J connectivity index is 2.54. The van der Waals surface area contributed by atoms with Gasteiger partial charge in [0.2, 0.25) is 0 Å². The van der Waals surface area contributed by atoms with E-state index in [1.807, 2.05) is 5.32 Å². The summed E-state index contributed by atoms with van der Waals surface area (Å²) in [6.45, 7) is 0. The smallest absolute Gasteiger partial charge is 0.331 e. The molecule has 6 heteroatoms. The van der Waals surface area contributed by atoms with E-state index in [4.69, 9.17) is 5.26 Å². The van der Waals surface area contributed by atoms with Crippen LogP contribution in [0.3, 0.4) is 0 Å². The average Bonchev–Trinajstić information content (AvgIpc) is 2.67. The van der Waals surface area contributed by atoms with E-state index in [1.165, 1.54) is 0 Å². The molecule has 0 aliphatic heterocycles. The highest BCUT2D eigenvalue weighted by Crippen LogP contribution is 2.35. The Hall–Kier alpha value is -0.890. The molecule has 1 rings (SSSR count). The predicted molar refractivity (Wildman–Crippen MR) is 36.5 cm³/mol. The molecule has 0 aromatic carbocycles. The second kappa shape index (κ2) is 2.56. The van der Waals surface area contributed by atoms with Gasteiger partial charge in [-0.25, -0.2) is 0 Å². The molecule has 66 valence electrons. The van der Waals surface area contributed by atoms with Gasteiger partial charge < -0.3 is 5.32 Å². The highest BCUT2D eigenvalue weighted by Gasteiger charge is 2.49. The number of carbonyl (C=O) groups is 1. The molecule has 0 radical (unpaired) electrons. The van der Waals surface area contributed by atoms with Crippen LogP contribution in [0.2, 0.25) is 0 Å². The van der Waals surface area contributed by atoms with Gasteiger partial charge in [0.25, 0.3) is 0 Å². The number of rotatable bonds is 2. The minimum absolute atomic E-state index is 0.405. The molecule has 1 amide bonds. The summed E-state index contributed by atoms with van der Waals surface area (Å²) >= 11 is 4.42. The van der Waals surface area contributed by atoms with Crippen LogP contribution in [0.5, 0.6) is 0 Å². The van der Waals surface area contributed by atoms with Gasteiger partial charge in [-0.1, -0.05) is 0 Å². The third kappa shape index (κ3) is 1.83. The maximum Gasteiger partial charge on any atom is 0.399 e. The van der Waals surface area contributed by atoms with E-state index in [1.54, 1.807) is 6.07 Å². The van der Waals surface area contributed by atoms with Crippen LogP contribution >= 0.6 is 11.6 Å². The van der Waals surface area contributed by atoms with E-state index < -0.39 is 16.8 Å². The van der Waals surface area contributed by atoms with Crippen molar-refractivity contribution in [2.75, 3.05) is 0 Å². The molecule has 0 bridgehead atoms. The minimum atomic E-state index is -3.92. The fourth-order valence-electron chi connectivity index (χ4n) is 0.678. The lowest BCUT2D eigenvalue weighted by atomic mass is 10.3. The fourth-order valence-corrected chi connectivity index (χ4v) is 0.725. The Morgan fingerprint density at radius 2 is 2.17 bits per heavy atom. The van der Waals surface area contributed by atoms with Gasteiger partial charge in [0, 0.05) is 0 Å². The number of alkyl halides is 3. The molecule has 1 aliphatic rings. The van der Waals surface area contributed by atoms with Crippen LogP contribution in [0, 0.1) is 11.3 Å². The van der Waals surface area contributed by atoms with Crippen LogP contribution < -0.4 is 5.32 Å². The maximum absolute atomic E-state index is 12.1. The average molecular weight is 195 g/mol. The van der Waals surface area contributed by atoms with Crippen molar-refractivity contribution in [1.82, 2.24) is 5.32 Å². The Bertz CT molecular complexity index is 251. The monoisotopic (exact) mass is 194 g/mol. The first-order valence-electron chi connectivity index (χ1n) is 3.20. The van der Waals surface area contributed by atoms with E-state index in [0.29, 0.717) is 12.8 Å². The van der Waals surface area contributed by atoms with E-state index in [-0.39, 0.29) is 0 Å². The van der Waals surface area contributed by atoms with Crippen molar-refractivity contribution in [3.05, 3.63) is 0 Å². The Labute approximate surface area is 72.3 Å². The normalized spacial score (nSPS) is 19.5. The summed E-state index contributed by atoms with van der Waals surface area (Å²) in [5, 5.41) is 6.37. The summed E-state index contributed by atoms with van der Waals surface area (Å²) in [6, 6.07) is 1.73. The SMILES string of the molecule is N#CC1(NC(=O)C(F)(F)Cl)CC1. The molecule has 0 heterocycles. The van der Waals surface area contributed by atoms with Crippen LogP contribution in [-0.2, 0) is 4.79 Å². The zero-order valence-corrected chi connectivity index (χ0v) is 6.66. The van der Waals surface area contributed by atoms with Gasteiger partial charge in [0.05, 0.1) is 6.07 Å². The molecule has 0 unspecified atom stereocenters. The molecule has 1 N–H and O–H groups in total. The van der Waals surface area contributed by atoms with Gasteiger partial charge in [-0.15, -0.1) is 0 Å². The second-order valence-electron chi connectivity index (χ2n) is 2.65. The number of amides is 1. The van der Waals surface area contributed by atoms with E-state index in [2.05, 4.69) is 11.6 Å². The molecule has 3 nitrogen and oxygen atoms in total. The first-order chi connectivity index (χ1) is 5.40. The molecular formula is C6H5ClF2N2O. The van der Waals surface area contributed by atoms with Crippen molar-refractivity contribution in [1.29, 1.82) is 5.26 Å². The summed E-state index contributed by atoms with van der Waals surface area (Å²) in [5.74, 6) is -1.61. The zero-order chi connectivity index (χ0) is 9.41. The van der Waals surface area contributed by atoms with Crippen LogP contribution in [0.15, 0.2) is 0 Å². The Morgan fingerprint density at radius 1 is 1.67 bits per heavy atom. The quantitative estimate of drug-likeness (QED) is 0.667. The lowest BCUT2D eigenvalue weighted by Gasteiger charge is -2.11. The fraction of sp³-hybridized carbons (Fsp3) is 0.667. The van der Waals surface area contributed by atoms with E-state index in [9.17, 15) is 13.6 Å². The summed E-state index contributed by atoms with van der Waals surface area (Å²) in [4.78, 5) is 10.5. The number of hydrogen-bond acceptors (Lipinski definition) is 2. The molecule has 1 fully saturated rings. The molecule has 0 aromatic rings. The van der Waals surface area contributed by atoms with Crippen LogP contribution in [0.1, 0.15) is 12.8 Å². The van der Waals surface area contributed by atoms with Crippen molar-refractivity contribution in [2.45, 2.75) is 23.8 Å². The largest absolute Gasteiger partial charge is 0.399 e. The number of hydrogen-bond donors (Lipinski definition) is 1. The first kappa shape index (κ1) is 9.20. The molecule has 0 saturated heterocycles. The second-order valence-corrected chi connectivity index (χ2v) is 3.12. The molecule has 0 aromatic heterocycles. The highest BCUT2D eigenvalue weighted by molar-refractivity contribution is 6.32. The Morgan fingerprint density at radius 3 is 2.42 bits per heavy atom. The Kier molecular flexibility index (Phi) is 1.96. The van der Waals surface area contributed by atoms with Gasteiger partial charge in [-0.05, 0) is 24.4 Å². The van der Waals surface area contributed by atoms with E-state index in [0.717, 1.165) is 0 Å². The lowest BCUT2D eigenvalue weighted by Crippen LogP contribution is -2.43. The number of nitrogens with one attached hydrogen (secondary N) is 1. The number of halogens is 3. The molecule has 0 spiro atoms. The van der Waals surface area contributed by atoms with Crippen molar-refractivity contribution in [3.63, 3.8) is 0 Å². The van der Waals surface area contributed by atoms with Crippen molar-refractivity contribution in [2.24, 2.45) is 0 Å². The molecular weight excluding hydrogens is 190 g/mol. The number of nitrogens with zero attached hydrogens (tertiary/aromatic N) is 1. The standard InChI is InChI=1S/C6H5ClF2N2O/c7-6(8,9)4(12)11-5(3-10)1-2-5/h1-2H2,(H,11,12). The van der Waals surface area contributed by atoms with Crippen LogP contribution in [0.25, 0.3) is 0 Å². The third-order valence-electron chi connectivity index (χ3n) is 1.57. The van der Waals surface area contributed by atoms with Crippen LogP contribution in [-0.4, -0.2) is 16.8 Å². The maximum atomic E-state index is 12.1. The summed E-state index contributed by atoms with van der Waals surface area (Å²) in [5.41, 5.74) is -1.09. The van der Waals surface area contributed by atoms with Gasteiger partial charge >= 0.3 is 11.3 Å². The van der Waals surface area contributed by atoms with E-state index >= 15 is 0 Å². The first-order valence-corrected chi connectivity index (χ1v) is 3.58. The summed E-state index contributed by atoms with van der Waals surface area (Å²) in [6.07, 6.45) is 0.810. The van der Waals surface area contributed by atoms with Gasteiger partial charge in [-0.2, -0.15) is 14.0 Å². The van der Waals surface area contributed by atoms with Crippen LogP contribution in [0.4, 0.5) is 8.78 Å². The minimum Gasteiger partial charge on any atom is -0.331 e. The van der Waals surface area contributed by atoms with Crippen molar-refractivity contribution >= 4 is 17.5 Å². The molecule has 0 atom stereocenters. The van der Waals surface area contributed by atoms with Crippen molar-refractivity contribution in [3.8, 4) is 6.07 Å². The predicted octanol–water partition coefficient (Wildman–Crippen LogP) is 0.990. The summed E-state index contributed by atoms with van der Waals surface area (Å²) < 4.78 is 24.1. The number of carbonyl (C=O) groups excluding carboxylic acids is 1. The molecule has 1 saturated carbocycles.